The summed E-state index contributed by atoms with van der Waals surface area (Å²) >= 11 is 0. The first-order valence-corrected chi connectivity index (χ1v) is 5.25. The molecule has 0 amide bonds. The molecular formula is C13H18O2. The van der Waals surface area contributed by atoms with Crippen LogP contribution < -0.4 is 9.47 Å². The Morgan fingerprint density at radius 2 is 1.87 bits per heavy atom. The predicted octanol–water partition coefficient (Wildman–Crippen LogP) is 3.44. The second-order valence-corrected chi connectivity index (χ2v) is 3.24. The van der Waals surface area contributed by atoms with Crippen molar-refractivity contribution in [1.29, 1.82) is 0 Å². The minimum Gasteiger partial charge on any atom is -0.490 e. The number of hydrogen-bond donors (Lipinski definition) is 0. The number of benzene rings is 1. The molecule has 0 saturated heterocycles. The molecule has 0 aliphatic carbocycles. The van der Waals surface area contributed by atoms with E-state index in [0.717, 1.165) is 22.6 Å². The maximum Gasteiger partial charge on any atom is 0.164 e. The van der Waals surface area contributed by atoms with E-state index >= 15 is 0 Å². The average Bonchev–Trinajstić information content (AvgIpc) is 2.23. The fourth-order valence-corrected chi connectivity index (χ4v) is 1.48. The van der Waals surface area contributed by atoms with Gasteiger partial charge < -0.3 is 9.47 Å². The summed E-state index contributed by atoms with van der Waals surface area (Å²) in [5.74, 6) is 1.64. The van der Waals surface area contributed by atoms with Crippen LogP contribution in [0.2, 0.25) is 0 Å². The van der Waals surface area contributed by atoms with Crippen molar-refractivity contribution in [3.05, 3.63) is 29.8 Å². The van der Waals surface area contributed by atoms with Gasteiger partial charge in [-0.05, 0) is 44.0 Å². The highest BCUT2D eigenvalue weighted by Gasteiger charge is 2.09. The summed E-state index contributed by atoms with van der Waals surface area (Å²) in [6.07, 6.45) is 1.81. The smallest absolute Gasteiger partial charge is 0.164 e. The van der Waals surface area contributed by atoms with E-state index < -0.39 is 0 Å². The zero-order chi connectivity index (χ0) is 11.3. The van der Waals surface area contributed by atoms with Crippen molar-refractivity contribution in [1.82, 2.24) is 0 Å². The topological polar surface area (TPSA) is 18.5 Å². The fourth-order valence-electron chi connectivity index (χ4n) is 1.48. The van der Waals surface area contributed by atoms with Crippen LogP contribution in [0.5, 0.6) is 11.5 Å². The maximum absolute atomic E-state index is 5.56. The molecule has 82 valence electrons. The highest BCUT2D eigenvalue weighted by atomic mass is 16.5. The average molecular weight is 206 g/mol. The Balaban J connectivity index is 3.15. The third-order valence-electron chi connectivity index (χ3n) is 2.09. The molecule has 0 saturated carbocycles. The van der Waals surface area contributed by atoms with E-state index in [1.165, 1.54) is 0 Å². The second-order valence-electron chi connectivity index (χ2n) is 3.24. The van der Waals surface area contributed by atoms with Crippen molar-refractivity contribution in [2.24, 2.45) is 0 Å². The summed E-state index contributed by atoms with van der Waals surface area (Å²) in [5, 5.41) is 0. The molecule has 0 fully saturated rings. The first kappa shape index (κ1) is 11.6. The summed E-state index contributed by atoms with van der Waals surface area (Å²) < 4.78 is 11.1. The number of rotatable bonds is 5. The first-order chi connectivity index (χ1) is 7.22. The second kappa shape index (κ2) is 5.44. The van der Waals surface area contributed by atoms with Gasteiger partial charge in [0.1, 0.15) is 0 Å². The zero-order valence-corrected chi connectivity index (χ0v) is 9.67. The van der Waals surface area contributed by atoms with E-state index in [9.17, 15) is 0 Å². The largest absolute Gasteiger partial charge is 0.490 e. The van der Waals surface area contributed by atoms with Crippen LogP contribution in [-0.4, -0.2) is 13.2 Å². The van der Waals surface area contributed by atoms with Gasteiger partial charge in [-0.3, -0.25) is 0 Å². The van der Waals surface area contributed by atoms with Crippen LogP contribution in [0.1, 0.15) is 25.0 Å². The lowest BCUT2D eigenvalue weighted by Gasteiger charge is -2.14. The molecule has 0 spiro atoms. The van der Waals surface area contributed by atoms with Gasteiger partial charge in [0.25, 0.3) is 0 Å². The van der Waals surface area contributed by atoms with Gasteiger partial charge in [0.05, 0.1) is 13.2 Å². The quantitative estimate of drug-likeness (QED) is 0.734. The Hall–Kier alpha value is -1.44. The number of aryl methyl sites for hydroxylation is 1. The van der Waals surface area contributed by atoms with Gasteiger partial charge in [0, 0.05) is 0 Å². The van der Waals surface area contributed by atoms with E-state index in [-0.39, 0.29) is 0 Å². The van der Waals surface area contributed by atoms with Crippen LogP contribution in [0.3, 0.4) is 0 Å². The maximum atomic E-state index is 5.56. The van der Waals surface area contributed by atoms with Crippen molar-refractivity contribution >= 4 is 6.08 Å². The Bertz CT molecular complexity index is 343. The Kier molecular flexibility index (Phi) is 4.22. The van der Waals surface area contributed by atoms with Crippen LogP contribution in [-0.2, 0) is 0 Å². The molecule has 1 aromatic carbocycles. The normalized spacial score (nSPS) is 9.80. The Morgan fingerprint density at radius 3 is 2.40 bits per heavy atom. The van der Waals surface area contributed by atoms with Crippen LogP contribution in [0.15, 0.2) is 18.7 Å². The standard InChI is InChI=1S/C13H18O2/c1-5-11-8-10(4)13(15-7-3)12(9-11)14-6-2/h5,8-9H,1,6-7H2,2-4H3. The summed E-state index contributed by atoms with van der Waals surface area (Å²) in [7, 11) is 0. The predicted molar refractivity (Wildman–Crippen MR) is 63.6 cm³/mol. The highest BCUT2D eigenvalue weighted by molar-refractivity contribution is 5.58. The van der Waals surface area contributed by atoms with E-state index in [2.05, 4.69) is 6.58 Å². The van der Waals surface area contributed by atoms with Crippen LogP contribution in [0, 0.1) is 6.92 Å². The van der Waals surface area contributed by atoms with Gasteiger partial charge in [-0.25, -0.2) is 0 Å². The molecule has 0 bridgehead atoms. The molecule has 0 unspecified atom stereocenters. The summed E-state index contributed by atoms with van der Waals surface area (Å²) in [6, 6.07) is 4.00. The van der Waals surface area contributed by atoms with Crippen molar-refractivity contribution < 1.29 is 9.47 Å². The lowest BCUT2D eigenvalue weighted by atomic mass is 10.1. The minimum absolute atomic E-state index is 0.639. The minimum atomic E-state index is 0.639. The molecule has 0 aliphatic heterocycles. The van der Waals surface area contributed by atoms with E-state index in [1.54, 1.807) is 0 Å². The first-order valence-electron chi connectivity index (χ1n) is 5.25. The Morgan fingerprint density at radius 1 is 1.20 bits per heavy atom. The molecular weight excluding hydrogens is 188 g/mol. The van der Waals surface area contributed by atoms with Crippen LogP contribution >= 0.6 is 0 Å². The third-order valence-corrected chi connectivity index (χ3v) is 2.09. The highest BCUT2D eigenvalue weighted by Crippen LogP contribution is 2.32. The molecule has 2 nitrogen and oxygen atoms in total. The van der Waals surface area contributed by atoms with Gasteiger partial charge in [-0.15, -0.1) is 0 Å². The van der Waals surface area contributed by atoms with Gasteiger partial charge in [-0.1, -0.05) is 12.7 Å². The Labute approximate surface area is 91.5 Å². The lowest BCUT2D eigenvalue weighted by molar-refractivity contribution is 0.286. The molecule has 0 atom stereocenters. The molecule has 1 rings (SSSR count). The van der Waals surface area contributed by atoms with E-state index in [0.29, 0.717) is 13.2 Å². The molecule has 0 radical (unpaired) electrons. The fraction of sp³-hybridized carbons (Fsp3) is 0.385. The van der Waals surface area contributed by atoms with E-state index in [1.807, 2.05) is 39.0 Å². The van der Waals surface area contributed by atoms with Gasteiger partial charge in [0.15, 0.2) is 11.5 Å². The number of ether oxygens (including phenoxy) is 2. The van der Waals surface area contributed by atoms with Crippen molar-refractivity contribution in [2.75, 3.05) is 13.2 Å². The summed E-state index contributed by atoms with van der Waals surface area (Å²) in [4.78, 5) is 0. The molecule has 0 aliphatic rings. The molecule has 0 N–H and O–H groups in total. The molecule has 2 heteroatoms. The number of hydrogen-bond acceptors (Lipinski definition) is 2. The van der Waals surface area contributed by atoms with Crippen molar-refractivity contribution in [3.8, 4) is 11.5 Å². The van der Waals surface area contributed by atoms with Gasteiger partial charge >= 0.3 is 0 Å². The molecule has 0 aromatic heterocycles. The summed E-state index contributed by atoms with van der Waals surface area (Å²) in [5.41, 5.74) is 2.14. The summed E-state index contributed by atoms with van der Waals surface area (Å²) in [6.45, 7) is 11.0. The van der Waals surface area contributed by atoms with Gasteiger partial charge in [0.2, 0.25) is 0 Å². The zero-order valence-electron chi connectivity index (χ0n) is 9.67. The third kappa shape index (κ3) is 2.75. The van der Waals surface area contributed by atoms with Gasteiger partial charge in [-0.2, -0.15) is 0 Å². The van der Waals surface area contributed by atoms with Crippen LogP contribution in [0.4, 0.5) is 0 Å². The van der Waals surface area contributed by atoms with Crippen LogP contribution in [0.25, 0.3) is 6.08 Å². The molecule has 1 aromatic rings. The lowest BCUT2D eigenvalue weighted by Crippen LogP contribution is -2.00. The molecule has 0 heterocycles. The van der Waals surface area contributed by atoms with Crippen molar-refractivity contribution in [3.63, 3.8) is 0 Å². The monoisotopic (exact) mass is 206 g/mol. The van der Waals surface area contributed by atoms with Crippen molar-refractivity contribution in [2.45, 2.75) is 20.8 Å². The molecule has 15 heavy (non-hydrogen) atoms. The van der Waals surface area contributed by atoms with E-state index in [4.69, 9.17) is 9.47 Å². The SMILES string of the molecule is C=Cc1cc(C)c(OCC)c(OCC)c1.